The predicted molar refractivity (Wildman–Crippen MR) is 434 cm³/mol. The standard InChI is InChI=1S/C82H124Br2S4Si3/c83-53-29-59-89(61-31-55-85-69-71-37-13-7-14-38-71,62-32-56-86-70-72-39-15-8-16-40-72)65-35-67-91(81(75-45-21-11-22-46-75)79(73-41-17-9-18-42-73)80(74-43-19-10-20-44-74)82(91)76-47-23-12-24-48-76)68-36-66-90(60-30-54-84,63-33-57-87-77-49-25-3-1-4-26-50-77)64-34-58-88-78-51-27-5-2-6-28-52-78/h9-12,17-24,41-48,71-72,77-78H,1-8,13-16,25-40,49-70H2. The van der Waals surface area contributed by atoms with Crippen LogP contribution in [0.5, 0.6) is 0 Å². The average Bonchev–Trinajstić information content (AvgIpc) is 1.56. The first-order valence-corrected chi connectivity index (χ1v) is 53.0. The summed E-state index contributed by atoms with van der Waals surface area (Å²) in [4.78, 5) is 0. The summed E-state index contributed by atoms with van der Waals surface area (Å²) in [5.41, 5.74) is 9.00. The second kappa shape index (κ2) is 43.0. The molecule has 0 nitrogen and oxygen atoms in total. The molecule has 5 aliphatic rings. The number of allylic oxidation sites excluding steroid dienone is 2. The summed E-state index contributed by atoms with van der Waals surface area (Å²) in [6, 6.07) is 63.3. The van der Waals surface area contributed by atoms with E-state index in [1.807, 2.05) is 0 Å². The van der Waals surface area contributed by atoms with Crippen molar-refractivity contribution in [2.45, 2.75) is 276 Å². The van der Waals surface area contributed by atoms with Gasteiger partial charge in [0.15, 0.2) is 0 Å². The van der Waals surface area contributed by atoms with Gasteiger partial charge >= 0.3 is 0 Å². The third-order valence-corrected chi connectivity index (χ3v) is 46.3. The Morgan fingerprint density at radius 1 is 0.319 bits per heavy atom. The molecule has 4 aromatic carbocycles. The van der Waals surface area contributed by atoms with E-state index in [-0.39, 0.29) is 0 Å². The topological polar surface area (TPSA) is 0 Å². The number of hydrogen-bond acceptors (Lipinski definition) is 4. The molecule has 1 heterocycles. The summed E-state index contributed by atoms with van der Waals surface area (Å²) in [7, 11) is -6.01. The van der Waals surface area contributed by atoms with Gasteiger partial charge in [-0.25, -0.2) is 0 Å². The van der Waals surface area contributed by atoms with Crippen LogP contribution < -0.4 is 0 Å². The van der Waals surface area contributed by atoms with Crippen LogP contribution >= 0.6 is 78.9 Å². The highest BCUT2D eigenvalue weighted by Gasteiger charge is 2.50. The van der Waals surface area contributed by atoms with E-state index in [4.69, 9.17) is 0 Å². The molecule has 0 atom stereocenters. The molecule has 91 heavy (non-hydrogen) atoms. The Hall–Kier alpha value is -0.629. The monoisotopic (exact) mass is 1480 g/mol. The minimum Gasteiger partial charge on any atom is -0.162 e. The van der Waals surface area contributed by atoms with E-state index in [2.05, 4.69) is 200 Å². The number of hydrogen-bond donors (Lipinski definition) is 0. The lowest BCUT2D eigenvalue weighted by Gasteiger charge is -2.39. The van der Waals surface area contributed by atoms with Crippen molar-refractivity contribution in [1.29, 1.82) is 0 Å². The van der Waals surface area contributed by atoms with Crippen LogP contribution in [0.1, 0.15) is 228 Å². The Bertz CT molecular complexity index is 2450. The van der Waals surface area contributed by atoms with Gasteiger partial charge in [-0.15, -0.1) is 0 Å². The normalized spacial score (nSPS) is 19.0. The third-order valence-electron chi connectivity index (χ3n) is 22.9. The first kappa shape index (κ1) is 74.6. The molecule has 0 spiro atoms. The zero-order valence-corrected chi connectivity index (χ0v) is 66.5. The number of thioether (sulfide) groups is 4. The number of rotatable bonds is 40. The lowest BCUT2D eigenvalue weighted by atomic mass is 9.89. The molecule has 0 unspecified atom stereocenters. The van der Waals surface area contributed by atoms with E-state index in [1.165, 1.54) is 299 Å². The smallest absolute Gasteiger partial charge is 0.121 e. The van der Waals surface area contributed by atoms with Gasteiger partial charge in [-0.05, 0) is 192 Å². The van der Waals surface area contributed by atoms with Crippen molar-refractivity contribution >= 4 is 125 Å². The molecular formula is C82H124Br2S4Si3. The van der Waals surface area contributed by atoms with E-state index < -0.39 is 24.2 Å². The zero-order chi connectivity index (χ0) is 62.8. The van der Waals surface area contributed by atoms with Crippen LogP contribution in [-0.2, 0) is 0 Å². The highest BCUT2D eigenvalue weighted by molar-refractivity contribution is 9.09. The molecule has 4 fully saturated rings. The Kier molecular flexibility index (Phi) is 35.3. The highest BCUT2D eigenvalue weighted by atomic mass is 79.9. The molecular weight excluding hydrogens is 1360 g/mol. The van der Waals surface area contributed by atoms with Crippen molar-refractivity contribution in [1.82, 2.24) is 0 Å². The van der Waals surface area contributed by atoms with Crippen molar-refractivity contribution < 1.29 is 0 Å². The minimum atomic E-state index is -2.62. The summed E-state index contributed by atoms with van der Waals surface area (Å²) in [5, 5.41) is 7.68. The molecule has 0 amide bonds. The van der Waals surface area contributed by atoms with Crippen LogP contribution in [0.3, 0.4) is 0 Å². The van der Waals surface area contributed by atoms with E-state index in [0.29, 0.717) is 0 Å². The van der Waals surface area contributed by atoms with Crippen molar-refractivity contribution in [3.8, 4) is 0 Å². The molecule has 0 saturated heterocycles. The van der Waals surface area contributed by atoms with Crippen LogP contribution in [0.15, 0.2) is 121 Å². The van der Waals surface area contributed by atoms with Gasteiger partial charge in [0.2, 0.25) is 0 Å². The molecule has 4 aromatic rings. The van der Waals surface area contributed by atoms with Crippen molar-refractivity contribution in [2.75, 3.05) is 45.2 Å². The summed E-state index contributed by atoms with van der Waals surface area (Å²) >= 11 is 17.7. The maximum atomic E-state index is 4.10. The van der Waals surface area contributed by atoms with Gasteiger partial charge in [0.25, 0.3) is 0 Å². The number of alkyl halides is 2. The zero-order valence-electron chi connectivity index (χ0n) is 57.1. The fraction of sp³-hybridized carbons (Fsp3) is 0.659. The lowest BCUT2D eigenvalue weighted by molar-refractivity contribution is 0.391. The quantitative estimate of drug-likeness (QED) is 0.0247. The molecule has 0 N–H and O–H groups in total. The molecule has 4 aliphatic carbocycles. The summed E-state index contributed by atoms with van der Waals surface area (Å²) in [5.74, 6) is 10.3. The van der Waals surface area contributed by atoms with Gasteiger partial charge in [0.05, 0.1) is 16.1 Å². The first-order valence-electron chi connectivity index (χ1n) is 38.2. The van der Waals surface area contributed by atoms with Gasteiger partial charge < -0.3 is 0 Å². The molecule has 0 radical (unpaired) electrons. The fourth-order valence-corrected chi connectivity index (χ4v) is 42.8. The Balaban J connectivity index is 1.10. The van der Waals surface area contributed by atoms with Crippen LogP contribution in [0, 0.1) is 11.8 Å². The largest absolute Gasteiger partial charge is 0.162 e. The second-order valence-electron chi connectivity index (χ2n) is 29.6. The van der Waals surface area contributed by atoms with E-state index in [0.717, 1.165) is 33.0 Å². The van der Waals surface area contributed by atoms with E-state index >= 15 is 0 Å². The summed E-state index contributed by atoms with van der Waals surface area (Å²) in [6.45, 7) is 0. The first-order chi connectivity index (χ1) is 45.0. The van der Waals surface area contributed by atoms with Gasteiger partial charge in [-0.3, -0.25) is 0 Å². The molecule has 0 aromatic heterocycles. The van der Waals surface area contributed by atoms with Crippen LogP contribution in [0.4, 0.5) is 0 Å². The lowest BCUT2D eigenvalue weighted by Crippen LogP contribution is -2.40. The molecule has 4 saturated carbocycles. The SMILES string of the molecule is BrCCC[Si](CCCSCC1CCCCC1)(CCCSCC1CCCCC1)CCC[Si]1(CCC[Si](CCCBr)(CCCSC2CCCCCCC2)CCCSC2CCCCCCC2)C(c2ccccc2)=C(c2ccccc2)C(c2ccccc2)=C1c1ccccc1. The van der Waals surface area contributed by atoms with Crippen LogP contribution in [0.25, 0.3) is 21.5 Å². The van der Waals surface area contributed by atoms with Crippen molar-refractivity contribution in [3.05, 3.63) is 144 Å². The maximum absolute atomic E-state index is 4.10. The van der Waals surface area contributed by atoms with Gasteiger partial charge in [0, 0.05) is 21.2 Å². The van der Waals surface area contributed by atoms with Crippen LogP contribution in [0.2, 0.25) is 60.4 Å². The molecule has 9 rings (SSSR count). The fourth-order valence-electron chi connectivity index (χ4n) is 18.1. The van der Waals surface area contributed by atoms with Crippen LogP contribution in [-0.4, -0.2) is 79.9 Å². The second-order valence-corrected chi connectivity index (χ2v) is 50.5. The third kappa shape index (κ3) is 24.4. The number of benzene rings is 4. The molecule has 9 heteroatoms. The van der Waals surface area contributed by atoms with Gasteiger partial charge in [0.1, 0.15) is 8.07 Å². The van der Waals surface area contributed by atoms with Gasteiger partial charge in [-0.2, -0.15) is 47.0 Å². The minimum absolute atomic E-state index is 0.896. The highest BCUT2D eigenvalue weighted by Crippen LogP contribution is 2.60. The molecule has 0 bridgehead atoms. The molecule has 502 valence electrons. The number of halogens is 2. The average molecular weight is 1480 g/mol. The van der Waals surface area contributed by atoms with Crippen molar-refractivity contribution in [3.63, 3.8) is 0 Å². The van der Waals surface area contributed by atoms with E-state index in [1.54, 1.807) is 45.7 Å². The Labute approximate surface area is 596 Å². The Morgan fingerprint density at radius 3 is 0.956 bits per heavy atom. The van der Waals surface area contributed by atoms with Gasteiger partial charge in [-0.1, -0.05) is 317 Å². The summed E-state index contributed by atoms with van der Waals surface area (Å²) < 4.78 is 0. The van der Waals surface area contributed by atoms with E-state index in [9.17, 15) is 0 Å². The molecule has 1 aliphatic heterocycles. The predicted octanol–water partition coefficient (Wildman–Crippen LogP) is 27.9. The summed E-state index contributed by atoms with van der Waals surface area (Å²) in [6.07, 6.45) is 46.5. The van der Waals surface area contributed by atoms with Crippen molar-refractivity contribution in [2.24, 2.45) is 11.8 Å². The maximum Gasteiger partial charge on any atom is 0.121 e. The Morgan fingerprint density at radius 2 is 0.604 bits per heavy atom.